The molecule has 0 aliphatic carbocycles. The predicted molar refractivity (Wildman–Crippen MR) is 75.1 cm³/mol. The van der Waals surface area contributed by atoms with E-state index >= 15 is 0 Å². The normalized spacial score (nSPS) is 10.5. The third-order valence-electron chi connectivity index (χ3n) is 2.66. The van der Waals surface area contributed by atoms with Gasteiger partial charge in [-0.05, 0) is 18.2 Å². The Hall–Kier alpha value is -1.29. The number of nitrogens with two attached hydrogens (primary N) is 1. The summed E-state index contributed by atoms with van der Waals surface area (Å²) in [5, 5.41) is 0.805. The van der Waals surface area contributed by atoms with Gasteiger partial charge in [0, 0.05) is 22.7 Å². The number of benzene rings is 2. The molecular formula is C14H12Cl2FNO. The fourth-order valence-electron chi connectivity index (χ4n) is 1.66. The minimum atomic E-state index is -0.408. The lowest BCUT2D eigenvalue weighted by molar-refractivity contribution is 0.297. The molecule has 0 aromatic heterocycles. The number of hydrogen-bond acceptors (Lipinski definition) is 2. The Morgan fingerprint density at radius 2 is 1.89 bits per heavy atom. The van der Waals surface area contributed by atoms with Crippen LogP contribution in [-0.2, 0) is 13.2 Å². The molecule has 2 aromatic rings. The van der Waals surface area contributed by atoms with E-state index in [9.17, 15) is 4.39 Å². The molecule has 0 aliphatic rings. The van der Waals surface area contributed by atoms with Crippen molar-refractivity contribution in [2.45, 2.75) is 13.2 Å². The molecule has 0 radical (unpaired) electrons. The van der Waals surface area contributed by atoms with Crippen LogP contribution in [0.15, 0.2) is 36.4 Å². The molecule has 0 spiro atoms. The largest absolute Gasteiger partial charge is 0.487 e. The molecule has 5 heteroatoms. The molecule has 0 saturated heterocycles. The van der Waals surface area contributed by atoms with Crippen LogP contribution in [0.1, 0.15) is 11.1 Å². The highest BCUT2D eigenvalue weighted by molar-refractivity contribution is 6.32. The van der Waals surface area contributed by atoms with Crippen molar-refractivity contribution in [1.82, 2.24) is 0 Å². The van der Waals surface area contributed by atoms with Crippen LogP contribution in [0, 0.1) is 5.82 Å². The van der Waals surface area contributed by atoms with Crippen molar-refractivity contribution in [2.75, 3.05) is 0 Å². The van der Waals surface area contributed by atoms with Crippen LogP contribution in [0.2, 0.25) is 10.0 Å². The smallest absolute Gasteiger partial charge is 0.142 e. The molecule has 0 heterocycles. The van der Waals surface area contributed by atoms with Gasteiger partial charge in [0.2, 0.25) is 0 Å². The highest BCUT2D eigenvalue weighted by Gasteiger charge is 2.09. The number of rotatable bonds is 4. The summed E-state index contributed by atoms with van der Waals surface area (Å²) in [5.74, 6) is 0.0786. The van der Waals surface area contributed by atoms with Crippen LogP contribution in [-0.4, -0.2) is 0 Å². The third-order valence-corrected chi connectivity index (χ3v) is 3.19. The van der Waals surface area contributed by atoms with Crippen molar-refractivity contribution in [2.24, 2.45) is 5.73 Å². The number of halogens is 3. The lowest BCUT2D eigenvalue weighted by Gasteiger charge is -2.12. The second kappa shape index (κ2) is 6.24. The lowest BCUT2D eigenvalue weighted by atomic mass is 10.2. The number of para-hydroxylation sites is 1. The van der Waals surface area contributed by atoms with E-state index in [2.05, 4.69) is 0 Å². The molecule has 2 aromatic carbocycles. The summed E-state index contributed by atoms with van der Waals surface area (Å²) >= 11 is 11.7. The Morgan fingerprint density at radius 3 is 2.58 bits per heavy atom. The zero-order valence-corrected chi connectivity index (χ0v) is 11.5. The quantitative estimate of drug-likeness (QED) is 0.919. The van der Waals surface area contributed by atoms with Gasteiger partial charge in [0.1, 0.15) is 18.2 Å². The fraction of sp³-hybridized carbons (Fsp3) is 0.143. The summed E-state index contributed by atoms with van der Waals surface area (Å²) in [7, 11) is 0. The Kier molecular flexibility index (Phi) is 4.64. The summed E-state index contributed by atoms with van der Waals surface area (Å²) in [6.45, 7) is 0.374. The van der Waals surface area contributed by atoms with Gasteiger partial charge in [0.15, 0.2) is 0 Å². The van der Waals surface area contributed by atoms with Crippen molar-refractivity contribution in [3.05, 3.63) is 63.4 Å². The van der Waals surface area contributed by atoms with Gasteiger partial charge in [0.25, 0.3) is 0 Å². The molecular weight excluding hydrogens is 288 g/mol. The van der Waals surface area contributed by atoms with Crippen molar-refractivity contribution >= 4 is 23.2 Å². The van der Waals surface area contributed by atoms with Crippen molar-refractivity contribution in [3.63, 3.8) is 0 Å². The molecule has 0 unspecified atom stereocenters. The van der Waals surface area contributed by atoms with Gasteiger partial charge >= 0.3 is 0 Å². The minimum absolute atomic E-state index is 0.0692. The highest BCUT2D eigenvalue weighted by Crippen LogP contribution is 2.29. The van der Waals surface area contributed by atoms with Gasteiger partial charge in [-0.2, -0.15) is 0 Å². The Bertz CT molecular complexity index is 590. The molecule has 0 bridgehead atoms. The van der Waals surface area contributed by atoms with E-state index in [0.29, 0.717) is 27.9 Å². The van der Waals surface area contributed by atoms with E-state index < -0.39 is 5.82 Å². The second-order valence-electron chi connectivity index (χ2n) is 3.96. The third kappa shape index (κ3) is 3.38. The summed E-state index contributed by atoms with van der Waals surface area (Å²) < 4.78 is 19.2. The SMILES string of the molecule is NCc1cccc(Cl)c1OCc1ccc(Cl)cc1F. The first kappa shape index (κ1) is 14.1. The number of hydrogen-bond donors (Lipinski definition) is 1. The zero-order chi connectivity index (χ0) is 13.8. The Labute approximate surface area is 120 Å². The van der Waals surface area contributed by atoms with E-state index in [-0.39, 0.29) is 6.61 Å². The molecule has 2 rings (SSSR count). The minimum Gasteiger partial charge on any atom is -0.487 e. The van der Waals surface area contributed by atoms with Gasteiger partial charge in [-0.3, -0.25) is 0 Å². The van der Waals surface area contributed by atoms with Crippen LogP contribution in [0.25, 0.3) is 0 Å². The van der Waals surface area contributed by atoms with Crippen LogP contribution < -0.4 is 10.5 Å². The van der Waals surface area contributed by atoms with Gasteiger partial charge in [-0.25, -0.2) is 4.39 Å². The van der Waals surface area contributed by atoms with Gasteiger partial charge in [0.05, 0.1) is 5.02 Å². The fourth-order valence-corrected chi connectivity index (χ4v) is 2.07. The van der Waals surface area contributed by atoms with Crippen LogP contribution in [0.4, 0.5) is 4.39 Å². The maximum absolute atomic E-state index is 13.6. The molecule has 0 fully saturated rings. The molecule has 0 saturated carbocycles. The molecule has 2 nitrogen and oxygen atoms in total. The molecule has 0 aliphatic heterocycles. The maximum atomic E-state index is 13.6. The van der Waals surface area contributed by atoms with E-state index in [4.69, 9.17) is 33.7 Å². The summed E-state index contributed by atoms with van der Waals surface area (Å²) in [5.41, 5.74) is 6.80. The average Bonchev–Trinajstić information content (AvgIpc) is 2.39. The van der Waals surface area contributed by atoms with Crippen molar-refractivity contribution < 1.29 is 9.13 Å². The number of ether oxygens (including phenoxy) is 1. The predicted octanol–water partition coefficient (Wildman–Crippen LogP) is 4.17. The lowest BCUT2D eigenvalue weighted by Crippen LogP contribution is -2.04. The Morgan fingerprint density at radius 1 is 1.11 bits per heavy atom. The summed E-state index contributed by atoms with van der Waals surface area (Å²) in [6, 6.07) is 9.75. The average molecular weight is 300 g/mol. The van der Waals surface area contributed by atoms with Crippen LogP contribution >= 0.6 is 23.2 Å². The van der Waals surface area contributed by atoms with Crippen molar-refractivity contribution in [1.29, 1.82) is 0 Å². The molecule has 2 N–H and O–H groups in total. The van der Waals surface area contributed by atoms with Crippen LogP contribution in [0.3, 0.4) is 0 Å². The zero-order valence-electron chi connectivity index (χ0n) is 10.00. The first-order valence-electron chi connectivity index (χ1n) is 5.66. The Balaban J connectivity index is 2.19. The van der Waals surface area contributed by atoms with Crippen LogP contribution in [0.5, 0.6) is 5.75 Å². The van der Waals surface area contributed by atoms with Gasteiger partial charge in [-0.15, -0.1) is 0 Å². The standard InChI is InChI=1S/C14H12Cl2FNO/c15-11-5-4-10(13(17)6-11)8-19-14-9(7-18)2-1-3-12(14)16/h1-6H,7-8,18H2. The maximum Gasteiger partial charge on any atom is 0.142 e. The first-order chi connectivity index (χ1) is 9.11. The highest BCUT2D eigenvalue weighted by atomic mass is 35.5. The summed E-state index contributed by atoms with van der Waals surface area (Å²) in [6.07, 6.45) is 0. The first-order valence-corrected chi connectivity index (χ1v) is 6.41. The van der Waals surface area contributed by atoms with Gasteiger partial charge in [-0.1, -0.05) is 41.4 Å². The van der Waals surface area contributed by atoms with E-state index in [1.807, 2.05) is 6.07 Å². The summed E-state index contributed by atoms with van der Waals surface area (Å²) in [4.78, 5) is 0. The molecule has 19 heavy (non-hydrogen) atoms. The molecule has 0 atom stereocenters. The van der Waals surface area contributed by atoms with E-state index in [1.54, 1.807) is 24.3 Å². The van der Waals surface area contributed by atoms with Gasteiger partial charge < -0.3 is 10.5 Å². The topological polar surface area (TPSA) is 35.2 Å². The second-order valence-corrected chi connectivity index (χ2v) is 4.80. The van der Waals surface area contributed by atoms with Crippen molar-refractivity contribution in [3.8, 4) is 5.75 Å². The van der Waals surface area contributed by atoms with E-state index in [1.165, 1.54) is 6.07 Å². The monoisotopic (exact) mass is 299 g/mol. The molecule has 0 amide bonds. The van der Waals surface area contributed by atoms with E-state index in [0.717, 1.165) is 5.56 Å². The molecule has 100 valence electrons.